The second-order valence-electron chi connectivity index (χ2n) is 4.64. The summed E-state index contributed by atoms with van der Waals surface area (Å²) in [6.07, 6.45) is 3.24. The van der Waals surface area contributed by atoms with Crippen LogP contribution in [0.15, 0.2) is 0 Å². The zero-order valence-electron chi connectivity index (χ0n) is 7.76. The van der Waals surface area contributed by atoms with Gasteiger partial charge in [-0.3, -0.25) is 0 Å². The SMILES string of the molecule is CC(C)[C@]12C[C@H]1CO[C@H](C)C2. The van der Waals surface area contributed by atoms with E-state index in [1.165, 1.54) is 12.8 Å². The van der Waals surface area contributed by atoms with Crippen LogP contribution >= 0.6 is 0 Å². The Morgan fingerprint density at radius 3 is 2.64 bits per heavy atom. The van der Waals surface area contributed by atoms with Crippen molar-refractivity contribution in [2.75, 3.05) is 6.61 Å². The molecule has 0 radical (unpaired) electrons. The monoisotopic (exact) mass is 154 g/mol. The van der Waals surface area contributed by atoms with Gasteiger partial charge in [0.05, 0.1) is 12.7 Å². The maximum absolute atomic E-state index is 5.61. The number of ether oxygens (including phenoxy) is 1. The fraction of sp³-hybridized carbons (Fsp3) is 1.00. The largest absolute Gasteiger partial charge is 0.378 e. The average molecular weight is 154 g/mol. The molecular formula is C10H18O. The van der Waals surface area contributed by atoms with Crippen LogP contribution in [0.1, 0.15) is 33.6 Å². The molecule has 1 aliphatic carbocycles. The van der Waals surface area contributed by atoms with Crippen LogP contribution in [-0.2, 0) is 4.74 Å². The van der Waals surface area contributed by atoms with Crippen LogP contribution in [-0.4, -0.2) is 12.7 Å². The van der Waals surface area contributed by atoms with Crippen molar-refractivity contribution in [2.45, 2.75) is 39.7 Å². The third-order valence-electron chi connectivity index (χ3n) is 3.68. The summed E-state index contributed by atoms with van der Waals surface area (Å²) in [4.78, 5) is 0. The van der Waals surface area contributed by atoms with Crippen molar-refractivity contribution in [3.63, 3.8) is 0 Å². The first-order valence-corrected chi connectivity index (χ1v) is 4.77. The number of hydrogen-bond acceptors (Lipinski definition) is 1. The molecule has 0 bridgehead atoms. The molecule has 2 fully saturated rings. The standard InChI is InChI=1S/C10H18O/c1-7(2)10-4-8(3)11-6-9(10)5-10/h7-9H,4-6H2,1-3H3/t8-,9+,10+/m1/s1. The van der Waals surface area contributed by atoms with E-state index in [1.807, 2.05) is 0 Å². The fourth-order valence-corrected chi connectivity index (χ4v) is 2.69. The van der Waals surface area contributed by atoms with E-state index in [0.717, 1.165) is 18.4 Å². The highest BCUT2D eigenvalue weighted by Gasteiger charge is 2.58. The Morgan fingerprint density at radius 2 is 2.09 bits per heavy atom. The lowest BCUT2D eigenvalue weighted by atomic mass is 9.83. The van der Waals surface area contributed by atoms with Gasteiger partial charge >= 0.3 is 0 Å². The molecular weight excluding hydrogens is 136 g/mol. The lowest BCUT2D eigenvalue weighted by Crippen LogP contribution is -2.28. The molecule has 2 rings (SSSR count). The summed E-state index contributed by atoms with van der Waals surface area (Å²) in [6.45, 7) is 7.95. The molecule has 0 unspecified atom stereocenters. The minimum atomic E-state index is 0.510. The molecule has 1 aliphatic heterocycles. The van der Waals surface area contributed by atoms with Crippen molar-refractivity contribution < 1.29 is 4.74 Å². The molecule has 1 saturated carbocycles. The van der Waals surface area contributed by atoms with E-state index in [9.17, 15) is 0 Å². The van der Waals surface area contributed by atoms with Gasteiger partial charge in [0.2, 0.25) is 0 Å². The Balaban J connectivity index is 2.06. The van der Waals surface area contributed by atoms with Crippen molar-refractivity contribution in [1.29, 1.82) is 0 Å². The second kappa shape index (κ2) is 2.22. The molecule has 0 aromatic carbocycles. The molecule has 64 valence electrons. The molecule has 1 saturated heterocycles. The van der Waals surface area contributed by atoms with E-state index in [-0.39, 0.29) is 0 Å². The number of hydrogen-bond donors (Lipinski definition) is 0. The van der Waals surface area contributed by atoms with Crippen LogP contribution in [0.25, 0.3) is 0 Å². The van der Waals surface area contributed by atoms with Crippen molar-refractivity contribution in [1.82, 2.24) is 0 Å². The van der Waals surface area contributed by atoms with Crippen LogP contribution in [0.5, 0.6) is 0 Å². The predicted molar refractivity (Wildman–Crippen MR) is 45.4 cm³/mol. The Hall–Kier alpha value is -0.0400. The normalized spacial score (nSPS) is 49.1. The van der Waals surface area contributed by atoms with Crippen LogP contribution in [0, 0.1) is 17.3 Å². The molecule has 0 aromatic heterocycles. The summed E-state index contributed by atoms with van der Waals surface area (Å²) < 4.78 is 5.61. The smallest absolute Gasteiger partial charge is 0.0552 e. The molecule has 2 aliphatic rings. The summed E-state index contributed by atoms with van der Waals surface area (Å²) in [6, 6.07) is 0. The Bertz CT molecular complexity index is 164. The van der Waals surface area contributed by atoms with Gasteiger partial charge in [-0.25, -0.2) is 0 Å². The van der Waals surface area contributed by atoms with Gasteiger partial charge in [0.15, 0.2) is 0 Å². The highest BCUT2D eigenvalue weighted by Crippen LogP contribution is 2.63. The van der Waals surface area contributed by atoms with E-state index in [1.54, 1.807) is 0 Å². The minimum absolute atomic E-state index is 0.510. The van der Waals surface area contributed by atoms with E-state index >= 15 is 0 Å². The van der Waals surface area contributed by atoms with Gasteiger partial charge in [-0.15, -0.1) is 0 Å². The van der Waals surface area contributed by atoms with Crippen LogP contribution in [0.3, 0.4) is 0 Å². The first-order chi connectivity index (χ1) is 5.15. The van der Waals surface area contributed by atoms with E-state index in [2.05, 4.69) is 20.8 Å². The van der Waals surface area contributed by atoms with Gasteiger partial charge in [-0.05, 0) is 37.0 Å². The topological polar surface area (TPSA) is 9.23 Å². The van der Waals surface area contributed by atoms with Gasteiger partial charge in [0.25, 0.3) is 0 Å². The first-order valence-electron chi connectivity index (χ1n) is 4.77. The molecule has 0 spiro atoms. The molecule has 3 atom stereocenters. The Labute approximate surface area is 69.1 Å². The van der Waals surface area contributed by atoms with E-state index in [0.29, 0.717) is 11.5 Å². The summed E-state index contributed by atoms with van der Waals surface area (Å²) in [5.41, 5.74) is 0.692. The minimum Gasteiger partial charge on any atom is -0.378 e. The van der Waals surface area contributed by atoms with Gasteiger partial charge in [-0.2, -0.15) is 0 Å². The molecule has 0 aromatic rings. The third kappa shape index (κ3) is 1.01. The first kappa shape index (κ1) is 7.60. The lowest BCUT2D eigenvalue weighted by molar-refractivity contribution is -0.0129. The molecule has 1 heterocycles. The average Bonchev–Trinajstić information content (AvgIpc) is 2.62. The van der Waals surface area contributed by atoms with Crippen molar-refractivity contribution in [3.8, 4) is 0 Å². The van der Waals surface area contributed by atoms with Gasteiger partial charge < -0.3 is 4.74 Å². The zero-order valence-corrected chi connectivity index (χ0v) is 7.76. The van der Waals surface area contributed by atoms with Gasteiger partial charge in [-0.1, -0.05) is 13.8 Å². The molecule has 0 N–H and O–H groups in total. The number of fused-ring (bicyclic) bond motifs is 1. The van der Waals surface area contributed by atoms with Crippen molar-refractivity contribution >= 4 is 0 Å². The van der Waals surface area contributed by atoms with Gasteiger partial charge in [0, 0.05) is 0 Å². The van der Waals surface area contributed by atoms with Crippen LogP contribution in [0.2, 0.25) is 0 Å². The lowest BCUT2D eigenvalue weighted by Gasteiger charge is -2.30. The summed E-state index contributed by atoms with van der Waals surface area (Å²) in [5, 5.41) is 0. The van der Waals surface area contributed by atoms with E-state index in [4.69, 9.17) is 4.74 Å². The molecule has 1 nitrogen and oxygen atoms in total. The summed E-state index contributed by atoms with van der Waals surface area (Å²) >= 11 is 0. The zero-order chi connectivity index (χ0) is 8.06. The highest BCUT2D eigenvalue weighted by atomic mass is 16.5. The predicted octanol–water partition coefficient (Wildman–Crippen LogP) is 2.46. The number of rotatable bonds is 1. The van der Waals surface area contributed by atoms with Gasteiger partial charge in [0.1, 0.15) is 0 Å². The maximum atomic E-state index is 5.61. The molecule has 11 heavy (non-hydrogen) atoms. The maximum Gasteiger partial charge on any atom is 0.0552 e. The summed E-state index contributed by atoms with van der Waals surface area (Å²) in [5.74, 6) is 1.76. The van der Waals surface area contributed by atoms with Crippen LogP contribution < -0.4 is 0 Å². The Kier molecular flexibility index (Phi) is 1.54. The third-order valence-corrected chi connectivity index (χ3v) is 3.68. The van der Waals surface area contributed by atoms with Crippen LogP contribution in [0.4, 0.5) is 0 Å². The Morgan fingerprint density at radius 1 is 1.36 bits per heavy atom. The fourth-order valence-electron chi connectivity index (χ4n) is 2.69. The second-order valence-corrected chi connectivity index (χ2v) is 4.64. The molecule has 0 amide bonds. The van der Waals surface area contributed by atoms with Crippen molar-refractivity contribution in [3.05, 3.63) is 0 Å². The highest BCUT2D eigenvalue weighted by molar-refractivity contribution is 5.06. The molecule has 1 heteroatoms. The summed E-state index contributed by atoms with van der Waals surface area (Å²) in [7, 11) is 0. The quantitative estimate of drug-likeness (QED) is 0.563. The van der Waals surface area contributed by atoms with Crippen molar-refractivity contribution in [2.24, 2.45) is 17.3 Å². The van der Waals surface area contributed by atoms with E-state index < -0.39 is 0 Å².